The Morgan fingerprint density at radius 3 is 2.39 bits per heavy atom. The topological polar surface area (TPSA) is 146 Å². The van der Waals surface area contributed by atoms with Gasteiger partial charge >= 0.3 is 0 Å². The summed E-state index contributed by atoms with van der Waals surface area (Å²) in [5, 5.41) is 8.70. The monoisotopic (exact) mass is 699 g/mol. The maximum atomic E-state index is 13.8. The van der Waals surface area contributed by atoms with Crippen molar-refractivity contribution in [3.63, 3.8) is 0 Å². The van der Waals surface area contributed by atoms with E-state index < -0.39 is 29.8 Å². The van der Waals surface area contributed by atoms with Gasteiger partial charge in [0.1, 0.15) is 30.7 Å². The van der Waals surface area contributed by atoms with Crippen molar-refractivity contribution in [3.8, 4) is 11.5 Å². The fourth-order valence-electron chi connectivity index (χ4n) is 5.82. The van der Waals surface area contributed by atoms with E-state index in [0.29, 0.717) is 18.6 Å². The maximum absolute atomic E-state index is 13.8. The molecule has 12 heteroatoms. The van der Waals surface area contributed by atoms with Crippen molar-refractivity contribution in [1.29, 1.82) is 0 Å². The average Bonchev–Trinajstić information content (AvgIpc) is 3.11. The van der Waals surface area contributed by atoms with Gasteiger partial charge in [0.05, 0.1) is 25.3 Å². The molecule has 12 nitrogen and oxygen atoms in total. The van der Waals surface area contributed by atoms with Crippen LogP contribution in [-0.4, -0.2) is 91.8 Å². The number of carbonyl (C=O) groups excluding carboxylic acids is 5. The standard InChI is InChI=1S/C39H49N5O7/c1-27(2)21-30-26-51-34-16-9-8-15-32(34)38(48)42-33(39(49)40-20-19-28-13-10-14-31(22-28)50-4)17-18-36(46)44(23-29-11-6-5-7-12-29)25-37(47)43(3)24-35(45)41-30/h5-16,22,27,30,33H,17-21,23-26H2,1-4H3,(H,40,49)(H,41,45)(H,42,48)/t30-,33-/m0/s1. The summed E-state index contributed by atoms with van der Waals surface area (Å²) in [6.07, 6.45) is 0.962. The summed E-state index contributed by atoms with van der Waals surface area (Å²) in [6, 6.07) is 22.0. The Morgan fingerprint density at radius 1 is 0.922 bits per heavy atom. The maximum Gasteiger partial charge on any atom is 0.255 e. The lowest BCUT2D eigenvalue weighted by Crippen LogP contribution is -2.49. The molecule has 3 N–H and O–H groups in total. The molecule has 0 saturated heterocycles. The van der Waals surface area contributed by atoms with Crippen LogP contribution in [0.2, 0.25) is 0 Å². The van der Waals surface area contributed by atoms with Gasteiger partial charge in [0.15, 0.2) is 0 Å². The van der Waals surface area contributed by atoms with Crippen LogP contribution < -0.4 is 25.4 Å². The first kappa shape index (κ1) is 38.4. The summed E-state index contributed by atoms with van der Waals surface area (Å²) in [4.78, 5) is 70.4. The van der Waals surface area contributed by atoms with Crippen LogP contribution in [-0.2, 0) is 32.1 Å². The summed E-state index contributed by atoms with van der Waals surface area (Å²) >= 11 is 0. The van der Waals surface area contributed by atoms with Gasteiger partial charge in [-0.15, -0.1) is 0 Å². The number of hydrogen-bond acceptors (Lipinski definition) is 7. The smallest absolute Gasteiger partial charge is 0.255 e. The minimum Gasteiger partial charge on any atom is -0.497 e. The number of hydrogen-bond donors (Lipinski definition) is 3. The number of methoxy groups -OCH3 is 1. The van der Waals surface area contributed by atoms with E-state index in [1.165, 1.54) is 16.8 Å². The first-order valence-corrected chi connectivity index (χ1v) is 17.3. The molecular formula is C39H49N5O7. The molecule has 1 aliphatic heterocycles. The van der Waals surface area contributed by atoms with Crippen LogP contribution in [0.3, 0.4) is 0 Å². The minimum absolute atomic E-state index is 0.0211. The molecule has 272 valence electrons. The zero-order valence-corrected chi connectivity index (χ0v) is 29.9. The Hall–Kier alpha value is -5.39. The molecular weight excluding hydrogens is 650 g/mol. The zero-order valence-electron chi connectivity index (χ0n) is 29.9. The number of ether oxygens (including phenoxy) is 2. The van der Waals surface area contributed by atoms with Gasteiger partial charge in [0, 0.05) is 26.6 Å². The van der Waals surface area contributed by atoms with E-state index in [0.717, 1.165) is 11.1 Å². The van der Waals surface area contributed by atoms with Crippen LogP contribution in [0.1, 0.15) is 54.6 Å². The van der Waals surface area contributed by atoms with Crippen LogP contribution >= 0.6 is 0 Å². The normalized spacial score (nSPS) is 18.1. The van der Waals surface area contributed by atoms with E-state index in [1.54, 1.807) is 31.4 Å². The van der Waals surface area contributed by atoms with Crippen molar-refractivity contribution in [2.75, 3.05) is 40.4 Å². The Morgan fingerprint density at radius 2 is 1.65 bits per heavy atom. The molecule has 51 heavy (non-hydrogen) atoms. The van der Waals surface area contributed by atoms with Gasteiger partial charge in [0.2, 0.25) is 23.6 Å². The second kappa shape index (κ2) is 19.1. The molecule has 0 fully saturated rings. The lowest BCUT2D eigenvalue weighted by atomic mass is 10.0. The number of likely N-dealkylation sites (N-methyl/N-ethyl adjacent to an activating group) is 1. The zero-order chi connectivity index (χ0) is 36.8. The Balaban J connectivity index is 1.61. The van der Waals surface area contributed by atoms with Gasteiger partial charge < -0.3 is 35.2 Å². The number of carbonyl (C=O) groups is 5. The molecule has 0 saturated carbocycles. The fourth-order valence-corrected chi connectivity index (χ4v) is 5.82. The number of nitrogens with zero attached hydrogens (tertiary/aromatic N) is 2. The molecule has 4 rings (SSSR count). The Kier molecular flexibility index (Phi) is 14.4. The van der Waals surface area contributed by atoms with Gasteiger partial charge in [-0.3, -0.25) is 24.0 Å². The molecule has 0 aromatic heterocycles. The third-order valence-corrected chi connectivity index (χ3v) is 8.51. The van der Waals surface area contributed by atoms with Gasteiger partial charge in [-0.05, 0) is 60.6 Å². The van der Waals surface area contributed by atoms with E-state index in [1.807, 2.05) is 68.4 Å². The molecule has 3 aromatic rings. The number of benzene rings is 3. The van der Waals surface area contributed by atoms with Crippen molar-refractivity contribution in [1.82, 2.24) is 25.8 Å². The summed E-state index contributed by atoms with van der Waals surface area (Å²) in [6.45, 7) is 4.08. The molecule has 0 aliphatic carbocycles. The SMILES string of the molecule is COc1cccc(CCNC(=O)[C@@H]2CCC(=O)N(Cc3ccccc3)CC(=O)N(C)CC(=O)N[C@@H](CC(C)C)COc3ccccc3C(=O)N2)c1. The van der Waals surface area contributed by atoms with Gasteiger partial charge in [-0.1, -0.05) is 68.4 Å². The van der Waals surface area contributed by atoms with E-state index in [9.17, 15) is 24.0 Å². The summed E-state index contributed by atoms with van der Waals surface area (Å²) < 4.78 is 11.4. The lowest BCUT2D eigenvalue weighted by Gasteiger charge is -2.27. The molecule has 5 amide bonds. The van der Waals surface area contributed by atoms with E-state index in [2.05, 4.69) is 16.0 Å². The highest BCUT2D eigenvalue weighted by Gasteiger charge is 2.28. The number of nitrogens with one attached hydrogen (secondary N) is 3. The molecule has 1 heterocycles. The van der Waals surface area contributed by atoms with Crippen LogP contribution in [0.25, 0.3) is 0 Å². The van der Waals surface area contributed by atoms with Crippen molar-refractivity contribution < 1.29 is 33.4 Å². The minimum atomic E-state index is -1.07. The molecule has 1 aliphatic rings. The lowest BCUT2D eigenvalue weighted by molar-refractivity contribution is -0.142. The quantitative estimate of drug-likeness (QED) is 0.311. The number of fused-ring (bicyclic) bond motifs is 1. The molecule has 0 spiro atoms. The van der Waals surface area contributed by atoms with E-state index in [-0.39, 0.29) is 74.7 Å². The molecule has 0 unspecified atom stereocenters. The van der Waals surface area contributed by atoms with Crippen molar-refractivity contribution >= 4 is 29.5 Å². The summed E-state index contributed by atoms with van der Waals surface area (Å²) in [5.74, 6) is -0.947. The van der Waals surface area contributed by atoms with Gasteiger partial charge in [-0.2, -0.15) is 0 Å². The van der Waals surface area contributed by atoms with Crippen molar-refractivity contribution in [2.24, 2.45) is 5.92 Å². The molecule has 0 bridgehead atoms. The highest BCUT2D eigenvalue weighted by atomic mass is 16.5. The predicted octanol–water partition coefficient (Wildman–Crippen LogP) is 3.34. The number of amides is 5. The second-order valence-corrected chi connectivity index (χ2v) is 13.1. The van der Waals surface area contributed by atoms with E-state index >= 15 is 0 Å². The van der Waals surface area contributed by atoms with Crippen molar-refractivity contribution in [2.45, 2.75) is 58.2 Å². The summed E-state index contributed by atoms with van der Waals surface area (Å²) in [7, 11) is 3.11. The third-order valence-electron chi connectivity index (χ3n) is 8.51. The van der Waals surface area contributed by atoms with E-state index in [4.69, 9.17) is 9.47 Å². The van der Waals surface area contributed by atoms with Crippen LogP contribution in [0.4, 0.5) is 0 Å². The third kappa shape index (κ3) is 12.2. The number of rotatable bonds is 9. The fraction of sp³-hybridized carbons (Fsp3) is 0.410. The largest absolute Gasteiger partial charge is 0.497 e. The van der Waals surface area contributed by atoms with Crippen LogP contribution in [0, 0.1) is 5.92 Å². The summed E-state index contributed by atoms with van der Waals surface area (Å²) in [5.41, 5.74) is 1.99. The average molecular weight is 700 g/mol. The Labute approximate surface area is 299 Å². The van der Waals surface area contributed by atoms with Gasteiger partial charge in [-0.25, -0.2) is 0 Å². The first-order chi connectivity index (χ1) is 24.5. The number of para-hydroxylation sites is 1. The highest BCUT2D eigenvalue weighted by Crippen LogP contribution is 2.20. The Bertz CT molecular complexity index is 1650. The molecule has 3 aromatic carbocycles. The highest BCUT2D eigenvalue weighted by molar-refractivity contribution is 5.99. The van der Waals surface area contributed by atoms with Crippen molar-refractivity contribution in [3.05, 3.63) is 95.6 Å². The molecule has 2 atom stereocenters. The second-order valence-electron chi connectivity index (χ2n) is 13.1. The predicted molar refractivity (Wildman–Crippen MR) is 193 cm³/mol. The van der Waals surface area contributed by atoms with Gasteiger partial charge in [0.25, 0.3) is 5.91 Å². The first-order valence-electron chi connectivity index (χ1n) is 17.3. The molecule has 0 radical (unpaired) electrons. The van der Waals surface area contributed by atoms with Crippen LogP contribution in [0.15, 0.2) is 78.9 Å². The van der Waals surface area contributed by atoms with Crippen LogP contribution in [0.5, 0.6) is 11.5 Å².